The van der Waals surface area contributed by atoms with Crippen molar-refractivity contribution in [2.45, 2.75) is 30.1 Å². The Balaban J connectivity index is 1.62. The number of nitrogens with two attached hydrogens (primary N) is 1. The van der Waals surface area contributed by atoms with E-state index in [0.717, 1.165) is 17.8 Å². The fraction of sp³-hybridized carbons (Fsp3) is 0.318. The number of benzene rings is 1. The van der Waals surface area contributed by atoms with Gasteiger partial charge in [0.05, 0.1) is 24.0 Å². The Morgan fingerprint density at radius 2 is 2.19 bits per heavy atom. The van der Waals surface area contributed by atoms with Crippen LogP contribution in [0, 0.1) is 41.2 Å². The molecule has 3 atom stereocenters. The van der Waals surface area contributed by atoms with Crippen molar-refractivity contribution in [3.63, 3.8) is 0 Å². The number of carbonyl (C=O) groups is 1. The van der Waals surface area contributed by atoms with Gasteiger partial charge in [0.2, 0.25) is 5.88 Å². The van der Waals surface area contributed by atoms with Gasteiger partial charge in [-0.05, 0) is 31.0 Å². The number of ether oxygens (including phenoxy) is 1. The number of amidine groups is 1. The largest absolute Gasteiger partial charge is 0.463 e. The summed E-state index contributed by atoms with van der Waals surface area (Å²) in [7, 11) is 0. The van der Waals surface area contributed by atoms with Crippen molar-refractivity contribution in [1.29, 1.82) is 5.26 Å². The van der Waals surface area contributed by atoms with Crippen LogP contribution < -0.4 is 10.5 Å². The van der Waals surface area contributed by atoms with Crippen LogP contribution in [0.15, 0.2) is 29.5 Å². The lowest BCUT2D eigenvalue weighted by atomic mass is 9.84. The molecule has 1 aromatic heterocycles. The summed E-state index contributed by atoms with van der Waals surface area (Å²) in [4.78, 5) is 25.0. The van der Waals surface area contributed by atoms with Gasteiger partial charge in [-0.25, -0.2) is 18.7 Å². The molecule has 2 aromatic rings. The van der Waals surface area contributed by atoms with Crippen molar-refractivity contribution in [3.8, 4) is 24.3 Å². The Bertz CT molecular complexity index is 1220. The molecule has 32 heavy (non-hydrogen) atoms. The molecule has 0 saturated heterocycles. The van der Waals surface area contributed by atoms with Gasteiger partial charge in [-0.2, -0.15) is 5.26 Å². The molecule has 1 aliphatic heterocycles. The number of aromatic nitrogens is 2. The number of hydrogen-bond donors (Lipinski definition) is 1. The normalized spacial score (nSPS) is 25.7. The number of carbonyl (C=O) groups excluding carboxylic acids is 1. The summed E-state index contributed by atoms with van der Waals surface area (Å²) in [6.45, 7) is 1.64. The first-order valence-corrected chi connectivity index (χ1v) is 10.4. The Hall–Kier alpha value is -3.50. The van der Waals surface area contributed by atoms with Crippen molar-refractivity contribution in [2.24, 2.45) is 16.6 Å². The zero-order valence-corrected chi connectivity index (χ0v) is 17.7. The van der Waals surface area contributed by atoms with Gasteiger partial charge in [-0.15, -0.1) is 6.42 Å². The molecule has 7 nitrogen and oxygen atoms in total. The third-order valence-corrected chi connectivity index (χ3v) is 6.83. The molecule has 0 unspecified atom stereocenters. The second kappa shape index (κ2) is 7.88. The minimum absolute atomic E-state index is 0.0119. The summed E-state index contributed by atoms with van der Waals surface area (Å²) in [5.41, 5.74) is 4.94. The molecule has 1 saturated carbocycles. The molecule has 0 spiro atoms. The molecule has 2 aliphatic rings. The Morgan fingerprint density at radius 3 is 2.84 bits per heavy atom. The van der Waals surface area contributed by atoms with Gasteiger partial charge in [-0.1, -0.05) is 17.7 Å². The van der Waals surface area contributed by atoms with E-state index in [4.69, 9.17) is 16.9 Å². The van der Waals surface area contributed by atoms with Crippen LogP contribution in [0.5, 0.6) is 5.88 Å². The van der Waals surface area contributed by atoms with E-state index in [1.165, 1.54) is 18.5 Å². The van der Waals surface area contributed by atoms with E-state index < -0.39 is 27.7 Å². The minimum atomic E-state index is -1.22. The monoisotopic (exact) mass is 453 g/mol. The highest BCUT2D eigenvalue weighted by molar-refractivity contribution is 8.15. The van der Waals surface area contributed by atoms with Crippen molar-refractivity contribution in [3.05, 3.63) is 53.0 Å². The first kappa shape index (κ1) is 21.7. The molecule has 1 fully saturated rings. The van der Waals surface area contributed by atoms with Crippen LogP contribution in [0.1, 0.15) is 35.0 Å². The predicted octanol–water partition coefficient (Wildman–Crippen LogP) is 2.75. The fourth-order valence-corrected chi connectivity index (χ4v) is 5.24. The first-order valence-electron chi connectivity index (χ1n) is 9.58. The zero-order valence-electron chi connectivity index (χ0n) is 16.9. The molecule has 162 valence electrons. The average Bonchev–Trinajstić information content (AvgIpc) is 3.50. The van der Waals surface area contributed by atoms with E-state index in [-0.39, 0.29) is 46.8 Å². The molecule has 4 rings (SSSR count). The van der Waals surface area contributed by atoms with E-state index in [0.29, 0.717) is 6.42 Å². The molecule has 1 aliphatic carbocycles. The van der Waals surface area contributed by atoms with Gasteiger partial charge < -0.3 is 10.5 Å². The number of Topliss-reactive ketones (excluding diaryl/α,β-unsaturated/α-hetero) is 1. The molecule has 0 bridgehead atoms. The van der Waals surface area contributed by atoms with E-state index in [2.05, 4.69) is 27.0 Å². The fourth-order valence-electron chi connectivity index (χ4n) is 3.96. The van der Waals surface area contributed by atoms with Gasteiger partial charge >= 0.3 is 0 Å². The summed E-state index contributed by atoms with van der Waals surface area (Å²) in [5.74, 6) is -0.485. The number of ketones is 1. The second-order valence-electron chi connectivity index (χ2n) is 7.73. The van der Waals surface area contributed by atoms with Gasteiger partial charge in [0.25, 0.3) is 0 Å². The van der Waals surface area contributed by atoms with Gasteiger partial charge in [-0.3, -0.25) is 9.79 Å². The van der Waals surface area contributed by atoms with Crippen molar-refractivity contribution < 1.29 is 18.3 Å². The number of rotatable bonds is 6. The van der Waals surface area contributed by atoms with E-state index in [9.17, 15) is 18.8 Å². The molecule has 0 radical (unpaired) electrons. The maximum Gasteiger partial charge on any atom is 0.233 e. The number of nitrogens with zero attached hydrogens (tertiary/aromatic N) is 4. The maximum absolute atomic E-state index is 14.9. The molecule has 2 heterocycles. The number of thioether (sulfide) groups is 1. The van der Waals surface area contributed by atoms with E-state index in [1.54, 1.807) is 6.92 Å². The first-order chi connectivity index (χ1) is 15.2. The van der Waals surface area contributed by atoms with Crippen LogP contribution in [-0.4, -0.2) is 32.3 Å². The highest BCUT2D eigenvalue weighted by Crippen LogP contribution is 2.65. The molecule has 10 heteroatoms. The summed E-state index contributed by atoms with van der Waals surface area (Å²) < 4.78 is 33.7. The van der Waals surface area contributed by atoms with Crippen LogP contribution in [0.4, 0.5) is 8.78 Å². The van der Waals surface area contributed by atoms with Crippen molar-refractivity contribution >= 4 is 22.7 Å². The summed E-state index contributed by atoms with van der Waals surface area (Å²) >= 11 is 1.15. The van der Waals surface area contributed by atoms with Gasteiger partial charge in [0, 0.05) is 17.9 Å². The third kappa shape index (κ3) is 3.67. The van der Waals surface area contributed by atoms with E-state index >= 15 is 0 Å². The van der Waals surface area contributed by atoms with Crippen LogP contribution in [0.25, 0.3) is 0 Å². The summed E-state index contributed by atoms with van der Waals surface area (Å²) in [6, 6.07) is 4.59. The van der Waals surface area contributed by atoms with Gasteiger partial charge in [0.1, 0.15) is 10.4 Å². The SMILES string of the molecule is C#CCOc1cnc(C(=O)Cc2cc(F)c(F)c([C@@]3(C)N=C(N)S[C@@]4(C#N)C[C@H]43)c2)cn1. The lowest BCUT2D eigenvalue weighted by Gasteiger charge is -2.32. The zero-order chi connectivity index (χ0) is 23.1. The third-order valence-electron chi connectivity index (χ3n) is 5.62. The van der Waals surface area contributed by atoms with Gasteiger partial charge in [0.15, 0.2) is 29.2 Å². The van der Waals surface area contributed by atoms with Crippen LogP contribution in [0.2, 0.25) is 0 Å². The van der Waals surface area contributed by atoms with Crippen molar-refractivity contribution in [2.75, 3.05) is 6.61 Å². The highest BCUT2D eigenvalue weighted by Gasteiger charge is 2.67. The standard InChI is InChI=1S/C22H17F2N5O2S/c1-3-4-31-18-10-27-15(9-28-18)16(30)7-12-5-13(19(24)14(23)6-12)21(2)17-8-22(17,11-25)32-20(26)29-21/h1,5-6,9-10,17H,4,7-8H2,2H3,(H2,26,29)/t17-,21+,22+/m0/s1. The molecule has 1 aromatic carbocycles. The Labute approximate surface area is 187 Å². The molecule has 0 amide bonds. The highest BCUT2D eigenvalue weighted by atomic mass is 32.2. The number of terminal acetylenes is 1. The number of fused-ring (bicyclic) bond motifs is 1. The average molecular weight is 453 g/mol. The topological polar surface area (TPSA) is 114 Å². The van der Waals surface area contributed by atoms with Crippen LogP contribution in [0.3, 0.4) is 0 Å². The quantitative estimate of drug-likeness (QED) is 0.528. The van der Waals surface area contributed by atoms with Crippen molar-refractivity contribution in [1.82, 2.24) is 9.97 Å². The number of aliphatic imine (C=N–C) groups is 1. The number of hydrogen-bond acceptors (Lipinski definition) is 8. The molecular weight excluding hydrogens is 436 g/mol. The lowest BCUT2D eigenvalue weighted by molar-refractivity contribution is 0.0987. The summed E-state index contributed by atoms with van der Waals surface area (Å²) in [6.07, 6.45) is 7.82. The lowest BCUT2D eigenvalue weighted by Crippen LogP contribution is -2.35. The molecule has 2 N–H and O–H groups in total. The Kier molecular flexibility index (Phi) is 5.35. The van der Waals surface area contributed by atoms with Crippen LogP contribution >= 0.6 is 11.8 Å². The second-order valence-corrected chi connectivity index (χ2v) is 9.08. The maximum atomic E-state index is 14.9. The molecular formula is C22H17F2N5O2S. The Morgan fingerprint density at radius 1 is 1.41 bits per heavy atom. The van der Waals surface area contributed by atoms with E-state index in [1.807, 2.05) is 0 Å². The smallest absolute Gasteiger partial charge is 0.233 e. The number of nitriles is 1. The minimum Gasteiger partial charge on any atom is -0.463 e. The van der Waals surface area contributed by atoms with Crippen LogP contribution in [-0.2, 0) is 12.0 Å². The predicted molar refractivity (Wildman–Crippen MR) is 114 cm³/mol. The summed E-state index contributed by atoms with van der Waals surface area (Å²) in [5, 5.41) is 9.70. The number of halogens is 2.